The van der Waals surface area contributed by atoms with Gasteiger partial charge in [0.1, 0.15) is 5.54 Å². The molecule has 7 heteroatoms. The largest absolute Gasteiger partial charge is 0.480 e. The zero-order valence-electron chi connectivity index (χ0n) is 17.3. The number of nitrogens with two attached hydrogens (primary N) is 2. The van der Waals surface area contributed by atoms with Crippen molar-refractivity contribution >= 4 is 19.9 Å². The summed E-state index contributed by atoms with van der Waals surface area (Å²) in [4.78, 5) is 19.6. The van der Waals surface area contributed by atoms with E-state index in [9.17, 15) is 4.79 Å². The van der Waals surface area contributed by atoms with Crippen molar-refractivity contribution in [1.29, 1.82) is 0 Å². The Balaban J connectivity index is -0.000000167. The van der Waals surface area contributed by atoms with E-state index in [1.54, 1.807) is 0 Å². The minimum atomic E-state index is -1.02. The van der Waals surface area contributed by atoms with Crippen LogP contribution in [-0.4, -0.2) is 35.5 Å². The third-order valence-electron chi connectivity index (χ3n) is 3.66. The Hall–Kier alpha value is -1.08. The maximum atomic E-state index is 11.0. The molecular weight excluding hydrogens is 319 g/mol. The Morgan fingerprint density at radius 3 is 2.00 bits per heavy atom. The molecule has 0 saturated heterocycles. The second-order valence-corrected chi connectivity index (χ2v) is 5.18. The number of hydrogen-bond acceptors (Lipinski definition) is 4. The first-order valence-electron chi connectivity index (χ1n) is 9.57. The average molecular weight is 361 g/mol. The number of carbonyl (C=O) groups is 2. The molecule has 6 N–H and O–H groups in total. The van der Waals surface area contributed by atoms with Crippen molar-refractivity contribution in [3.05, 3.63) is 0 Å². The van der Waals surface area contributed by atoms with Crippen molar-refractivity contribution in [2.24, 2.45) is 17.4 Å². The highest BCUT2D eigenvalue weighted by Crippen LogP contribution is 2.37. The van der Waals surface area contributed by atoms with Crippen LogP contribution in [0.25, 0.3) is 0 Å². The van der Waals surface area contributed by atoms with Crippen LogP contribution in [0.2, 0.25) is 6.32 Å². The van der Waals surface area contributed by atoms with Gasteiger partial charge in [-0.05, 0) is 25.2 Å². The van der Waals surface area contributed by atoms with Crippen LogP contribution in [0, 0.1) is 5.92 Å². The third-order valence-corrected chi connectivity index (χ3v) is 3.66. The van der Waals surface area contributed by atoms with E-state index in [2.05, 4.69) is 19.6 Å². The lowest BCUT2D eigenvalue weighted by Gasteiger charge is -2.26. The van der Waals surface area contributed by atoms with Gasteiger partial charge in [-0.2, -0.15) is 0 Å². The molecule has 1 radical (unpaired) electrons. The first kappa shape index (κ1) is 31.7. The molecule has 0 aromatic carbocycles. The van der Waals surface area contributed by atoms with Gasteiger partial charge >= 0.3 is 5.97 Å². The van der Waals surface area contributed by atoms with Crippen molar-refractivity contribution < 1.29 is 19.7 Å². The summed E-state index contributed by atoms with van der Waals surface area (Å²) in [6.45, 7) is 12.4. The molecule has 1 amide bonds. The molecule has 2 atom stereocenters. The lowest BCUT2D eigenvalue weighted by atomic mass is 9.82. The molecule has 2 unspecified atom stereocenters. The number of amides is 1. The number of hydrogen-bond donors (Lipinski definition) is 4. The Labute approximate surface area is 156 Å². The highest BCUT2D eigenvalue weighted by Gasteiger charge is 2.45. The molecule has 0 aliphatic heterocycles. The summed E-state index contributed by atoms with van der Waals surface area (Å²) < 4.78 is 0. The predicted octanol–water partition coefficient (Wildman–Crippen LogP) is 3.34. The lowest BCUT2D eigenvalue weighted by molar-refractivity contribution is -0.144. The standard InChI is InChI=1S/C9H17BNO3.C4H10.2C2H6.CH3NO/c11-9(8(12)13)5-1-3-7(9)4-2-6-10-14;1-3-4-2;2*1-2;2-1-3/h7,14H,1-6,11H2,(H,12,13);3-4H2,1-2H3;2*1-2H3;1H,(H2,2,3). The number of unbranched alkanes of at least 4 members (excludes halogenated alkanes) is 1. The average Bonchev–Trinajstić information content (AvgIpc) is 3.02. The molecular formula is C18H42BN2O4. The minimum absolute atomic E-state index is 0.0694. The molecule has 6 nitrogen and oxygen atoms in total. The van der Waals surface area contributed by atoms with Gasteiger partial charge in [-0.1, -0.05) is 73.5 Å². The van der Waals surface area contributed by atoms with Gasteiger partial charge in [0.05, 0.1) is 0 Å². The van der Waals surface area contributed by atoms with Gasteiger partial charge in [-0.3, -0.25) is 9.59 Å². The van der Waals surface area contributed by atoms with Gasteiger partial charge in [-0.15, -0.1) is 0 Å². The number of aliphatic carboxylic acids is 1. The Kier molecular flexibility index (Phi) is 31.9. The summed E-state index contributed by atoms with van der Waals surface area (Å²) >= 11 is 0. The van der Waals surface area contributed by atoms with Crippen molar-refractivity contribution in [3.63, 3.8) is 0 Å². The van der Waals surface area contributed by atoms with Crippen LogP contribution in [0.4, 0.5) is 0 Å². The van der Waals surface area contributed by atoms with Crippen LogP contribution in [0.5, 0.6) is 0 Å². The molecule has 0 bridgehead atoms. The van der Waals surface area contributed by atoms with Crippen molar-refractivity contribution in [2.45, 2.75) is 98.3 Å². The molecule has 1 aliphatic carbocycles. The van der Waals surface area contributed by atoms with Crippen LogP contribution >= 0.6 is 0 Å². The van der Waals surface area contributed by atoms with E-state index in [4.69, 9.17) is 20.7 Å². The van der Waals surface area contributed by atoms with Gasteiger partial charge < -0.3 is 21.6 Å². The molecule has 0 aromatic rings. The smallest absolute Gasteiger partial charge is 0.323 e. The summed E-state index contributed by atoms with van der Waals surface area (Å²) in [6.07, 6.45) is 7.49. The Morgan fingerprint density at radius 2 is 1.68 bits per heavy atom. The summed E-state index contributed by atoms with van der Waals surface area (Å²) in [6, 6.07) is 0. The highest BCUT2D eigenvalue weighted by atomic mass is 16.4. The fraction of sp³-hybridized carbons (Fsp3) is 0.889. The van der Waals surface area contributed by atoms with Gasteiger partial charge in [0, 0.05) is 0 Å². The van der Waals surface area contributed by atoms with Crippen molar-refractivity contribution in [1.82, 2.24) is 0 Å². The third kappa shape index (κ3) is 17.5. The second-order valence-electron chi connectivity index (χ2n) is 5.18. The van der Waals surface area contributed by atoms with Gasteiger partial charge in [0.25, 0.3) is 7.48 Å². The zero-order chi connectivity index (χ0) is 20.7. The summed E-state index contributed by atoms with van der Waals surface area (Å²) in [5, 5.41) is 17.5. The first-order valence-corrected chi connectivity index (χ1v) is 9.57. The van der Waals surface area contributed by atoms with Gasteiger partial charge in [0.15, 0.2) is 0 Å². The molecule has 1 fully saturated rings. The number of carbonyl (C=O) groups excluding carboxylic acids is 1. The lowest BCUT2D eigenvalue weighted by Crippen LogP contribution is -2.50. The van der Waals surface area contributed by atoms with Crippen molar-refractivity contribution in [2.75, 3.05) is 0 Å². The summed E-state index contributed by atoms with van der Waals surface area (Å²) in [5.74, 6) is -0.812. The number of carboxylic acids is 1. The first-order chi connectivity index (χ1) is 11.9. The Morgan fingerprint density at radius 1 is 1.24 bits per heavy atom. The fourth-order valence-electron chi connectivity index (χ4n) is 2.24. The molecule has 0 heterocycles. The van der Waals surface area contributed by atoms with Crippen LogP contribution < -0.4 is 11.5 Å². The minimum Gasteiger partial charge on any atom is -0.480 e. The molecule has 151 valence electrons. The predicted molar refractivity (Wildman–Crippen MR) is 107 cm³/mol. The number of rotatable bonds is 6. The van der Waals surface area contributed by atoms with Crippen LogP contribution in [-0.2, 0) is 9.59 Å². The normalized spacial score (nSPS) is 19.9. The fourth-order valence-corrected chi connectivity index (χ4v) is 2.24. The molecule has 0 spiro atoms. The molecule has 0 aromatic heterocycles. The van der Waals surface area contributed by atoms with E-state index in [-0.39, 0.29) is 12.3 Å². The topological polar surface area (TPSA) is 127 Å². The quantitative estimate of drug-likeness (QED) is 0.328. The van der Waals surface area contributed by atoms with E-state index < -0.39 is 11.5 Å². The Bertz CT molecular complexity index is 280. The van der Waals surface area contributed by atoms with E-state index >= 15 is 0 Å². The van der Waals surface area contributed by atoms with E-state index in [0.29, 0.717) is 12.7 Å². The van der Waals surface area contributed by atoms with Crippen LogP contribution in [0.1, 0.15) is 86.5 Å². The second kappa shape index (κ2) is 25.2. The summed E-state index contributed by atoms with van der Waals surface area (Å²) in [5.41, 5.74) is 9.00. The van der Waals surface area contributed by atoms with Gasteiger partial charge in [-0.25, -0.2) is 0 Å². The SMILES string of the molecule is CC.CC.CCCC.NC1(C(=O)O)CCCC1CCC[B]O.NC=O. The summed E-state index contributed by atoms with van der Waals surface area (Å²) in [7, 11) is 1.12. The monoisotopic (exact) mass is 361 g/mol. The molecule has 1 saturated carbocycles. The maximum Gasteiger partial charge on any atom is 0.323 e. The molecule has 1 aliphatic rings. The van der Waals surface area contributed by atoms with Gasteiger partial charge in [0.2, 0.25) is 6.41 Å². The number of primary amides is 1. The van der Waals surface area contributed by atoms with Crippen LogP contribution in [0.3, 0.4) is 0 Å². The molecule has 1 rings (SSSR count). The van der Waals surface area contributed by atoms with E-state index in [0.717, 1.165) is 33.2 Å². The maximum absolute atomic E-state index is 11.0. The zero-order valence-corrected chi connectivity index (χ0v) is 17.3. The van der Waals surface area contributed by atoms with E-state index in [1.165, 1.54) is 12.8 Å². The van der Waals surface area contributed by atoms with E-state index in [1.807, 2.05) is 27.7 Å². The highest BCUT2D eigenvalue weighted by molar-refractivity contribution is 6.25. The van der Waals surface area contributed by atoms with Crippen LogP contribution in [0.15, 0.2) is 0 Å². The molecule has 25 heavy (non-hydrogen) atoms. The number of carboxylic acid groups (broad SMARTS) is 1. The van der Waals surface area contributed by atoms with Crippen molar-refractivity contribution in [3.8, 4) is 0 Å².